The third-order valence-corrected chi connectivity index (χ3v) is 3.63. The van der Waals surface area contributed by atoms with Gasteiger partial charge in [-0.2, -0.15) is 0 Å². The lowest BCUT2D eigenvalue weighted by Crippen LogP contribution is -2.38. The zero-order valence-electron chi connectivity index (χ0n) is 12.9. The van der Waals surface area contributed by atoms with Crippen molar-refractivity contribution in [3.8, 4) is 0 Å². The maximum Gasteiger partial charge on any atom is 0.339 e. The molecule has 0 bridgehead atoms. The Hall–Kier alpha value is -2.02. The molecule has 1 N–H and O–H groups in total. The molecule has 1 rings (SSSR count). The molecule has 6 nitrogen and oxygen atoms in total. The molecule has 0 aromatic heterocycles. The highest BCUT2D eigenvalue weighted by molar-refractivity contribution is 7.99. The molecule has 1 aromatic rings. The monoisotopic (exact) mass is 324 g/mol. The summed E-state index contributed by atoms with van der Waals surface area (Å²) >= 11 is 1.53. The number of nitrogens with zero attached hydrogens (tertiary/aromatic N) is 1. The van der Waals surface area contributed by atoms with Crippen LogP contribution in [0.4, 0.5) is 0 Å². The van der Waals surface area contributed by atoms with Gasteiger partial charge in [0, 0.05) is 19.0 Å². The Balaban J connectivity index is 2.49. The molecule has 1 aromatic carbocycles. The second-order valence-electron chi connectivity index (χ2n) is 4.57. The summed E-state index contributed by atoms with van der Waals surface area (Å²) in [5.74, 6) is -0.462. The normalized spacial score (nSPS) is 9.95. The van der Waals surface area contributed by atoms with Gasteiger partial charge in [0.25, 0.3) is 5.91 Å². The standard InChI is InChI=1S/C15H20N2O4S/c1-4-22-12-8-6-5-7-11(12)15(20)21-10-13(18)16-9-14(19)17(2)3/h5-8H,4,9-10H2,1-3H3,(H,16,18). The van der Waals surface area contributed by atoms with Gasteiger partial charge in [0.1, 0.15) is 0 Å². The summed E-state index contributed by atoms with van der Waals surface area (Å²) in [6.07, 6.45) is 0. The molecule has 0 aliphatic heterocycles. The molecule has 120 valence electrons. The summed E-state index contributed by atoms with van der Waals surface area (Å²) in [5.41, 5.74) is 0.437. The van der Waals surface area contributed by atoms with E-state index in [0.29, 0.717) is 5.56 Å². The number of hydrogen-bond donors (Lipinski definition) is 1. The van der Waals surface area contributed by atoms with Gasteiger partial charge in [0.05, 0.1) is 12.1 Å². The summed E-state index contributed by atoms with van der Waals surface area (Å²) < 4.78 is 4.98. The van der Waals surface area contributed by atoms with Crippen molar-refractivity contribution >= 4 is 29.5 Å². The number of amides is 2. The summed E-state index contributed by atoms with van der Waals surface area (Å²) in [4.78, 5) is 37.1. The molecule has 0 saturated heterocycles. The van der Waals surface area contributed by atoms with Crippen LogP contribution in [0.1, 0.15) is 17.3 Å². The fraction of sp³-hybridized carbons (Fsp3) is 0.400. The number of rotatable bonds is 7. The zero-order chi connectivity index (χ0) is 16.5. The Morgan fingerprint density at radius 1 is 1.23 bits per heavy atom. The molecule has 0 fully saturated rings. The van der Waals surface area contributed by atoms with Gasteiger partial charge in [-0.25, -0.2) is 4.79 Å². The Kier molecular flexibility index (Phi) is 7.45. The first-order valence-corrected chi connectivity index (χ1v) is 7.80. The molecule has 0 saturated carbocycles. The highest BCUT2D eigenvalue weighted by atomic mass is 32.2. The average molecular weight is 324 g/mol. The third kappa shape index (κ3) is 5.77. The molecular weight excluding hydrogens is 304 g/mol. The number of ether oxygens (including phenoxy) is 1. The van der Waals surface area contributed by atoms with Gasteiger partial charge in [0.2, 0.25) is 5.91 Å². The molecule has 7 heteroatoms. The Bertz CT molecular complexity index is 546. The van der Waals surface area contributed by atoms with Crippen molar-refractivity contribution in [1.29, 1.82) is 0 Å². The van der Waals surface area contributed by atoms with Gasteiger partial charge in [-0.3, -0.25) is 9.59 Å². The molecule has 22 heavy (non-hydrogen) atoms. The maximum absolute atomic E-state index is 12.0. The van der Waals surface area contributed by atoms with E-state index in [2.05, 4.69) is 5.32 Å². The smallest absolute Gasteiger partial charge is 0.339 e. The van der Waals surface area contributed by atoms with Crippen LogP contribution in [0.5, 0.6) is 0 Å². The first-order valence-electron chi connectivity index (χ1n) is 6.81. The van der Waals surface area contributed by atoms with E-state index in [1.54, 1.807) is 26.2 Å². The van der Waals surface area contributed by atoms with Crippen molar-refractivity contribution in [2.45, 2.75) is 11.8 Å². The average Bonchev–Trinajstić information content (AvgIpc) is 2.50. The fourth-order valence-corrected chi connectivity index (χ4v) is 2.30. The van der Waals surface area contributed by atoms with Gasteiger partial charge >= 0.3 is 5.97 Å². The largest absolute Gasteiger partial charge is 0.452 e. The number of nitrogens with one attached hydrogen (secondary N) is 1. The molecule has 0 aliphatic carbocycles. The van der Waals surface area contributed by atoms with Gasteiger partial charge in [-0.1, -0.05) is 19.1 Å². The van der Waals surface area contributed by atoms with Crippen LogP contribution in [0.15, 0.2) is 29.2 Å². The summed E-state index contributed by atoms with van der Waals surface area (Å²) in [7, 11) is 3.19. The summed E-state index contributed by atoms with van der Waals surface area (Å²) in [6, 6.07) is 7.08. The second-order valence-corrected chi connectivity index (χ2v) is 5.88. The zero-order valence-corrected chi connectivity index (χ0v) is 13.7. The van der Waals surface area contributed by atoms with E-state index >= 15 is 0 Å². The minimum Gasteiger partial charge on any atom is -0.452 e. The van der Waals surface area contributed by atoms with Crippen molar-refractivity contribution in [3.05, 3.63) is 29.8 Å². The number of carbonyl (C=O) groups is 3. The number of benzene rings is 1. The molecule has 0 radical (unpaired) electrons. The minimum absolute atomic E-state index is 0.119. The predicted octanol–water partition coefficient (Wildman–Crippen LogP) is 1.16. The highest BCUT2D eigenvalue weighted by Gasteiger charge is 2.14. The maximum atomic E-state index is 12.0. The van der Waals surface area contributed by atoms with Gasteiger partial charge in [-0.05, 0) is 17.9 Å². The molecule has 0 heterocycles. The van der Waals surface area contributed by atoms with Crippen LogP contribution in [0.25, 0.3) is 0 Å². The highest BCUT2D eigenvalue weighted by Crippen LogP contribution is 2.22. The van der Waals surface area contributed by atoms with Crippen molar-refractivity contribution in [2.24, 2.45) is 0 Å². The van der Waals surface area contributed by atoms with Crippen LogP contribution in [0.2, 0.25) is 0 Å². The van der Waals surface area contributed by atoms with Crippen molar-refractivity contribution in [1.82, 2.24) is 10.2 Å². The quantitative estimate of drug-likeness (QED) is 0.602. The first kappa shape index (κ1) is 18.0. The minimum atomic E-state index is -0.550. The number of carbonyl (C=O) groups excluding carboxylic acids is 3. The van der Waals surface area contributed by atoms with Crippen LogP contribution in [0, 0.1) is 0 Å². The third-order valence-electron chi connectivity index (χ3n) is 2.68. The second kappa shape index (κ2) is 9.09. The Labute approximate surface area is 134 Å². The molecule has 0 spiro atoms. The van der Waals surface area contributed by atoms with E-state index in [1.165, 1.54) is 16.7 Å². The molecule has 2 amide bonds. The van der Waals surface area contributed by atoms with Gasteiger partial charge < -0.3 is 15.0 Å². The molecule has 0 unspecified atom stereocenters. The van der Waals surface area contributed by atoms with Crippen LogP contribution in [-0.4, -0.2) is 55.7 Å². The molecule has 0 atom stereocenters. The SMILES string of the molecule is CCSc1ccccc1C(=O)OCC(=O)NCC(=O)N(C)C. The number of thioether (sulfide) groups is 1. The lowest BCUT2D eigenvalue weighted by molar-refractivity contribution is -0.131. The van der Waals surface area contributed by atoms with Crippen molar-refractivity contribution in [3.63, 3.8) is 0 Å². The van der Waals surface area contributed by atoms with Crippen LogP contribution in [0.3, 0.4) is 0 Å². The summed E-state index contributed by atoms with van der Waals surface area (Å²) in [5, 5.41) is 2.40. The van der Waals surface area contributed by atoms with Crippen molar-refractivity contribution < 1.29 is 19.1 Å². The number of esters is 1. The van der Waals surface area contributed by atoms with E-state index in [1.807, 2.05) is 19.1 Å². The van der Waals surface area contributed by atoms with E-state index in [4.69, 9.17) is 4.74 Å². The number of hydrogen-bond acceptors (Lipinski definition) is 5. The van der Waals surface area contributed by atoms with E-state index in [-0.39, 0.29) is 12.5 Å². The van der Waals surface area contributed by atoms with E-state index < -0.39 is 18.5 Å². The van der Waals surface area contributed by atoms with E-state index in [9.17, 15) is 14.4 Å². The van der Waals surface area contributed by atoms with Gasteiger partial charge in [-0.15, -0.1) is 11.8 Å². The van der Waals surface area contributed by atoms with E-state index in [0.717, 1.165) is 10.6 Å². The topological polar surface area (TPSA) is 75.7 Å². The lowest BCUT2D eigenvalue weighted by Gasteiger charge is -2.11. The van der Waals surface area contributed by atoms with Crippen molar-refractivity contribution in [2.75, 3.05) is 33.0 Å². The summed E-state index contributed by atoms with van der Waals surface area (Å²) in [6.45, 7) is 1.46. The number of likely N-dealkylation sites (N-methyl/N-ethyl adjacent to an activating group) is 1. The molecule has 0 aliphatic rings. The van der Waals surface area contributed by atoms with Gasteiger partial charge in [0.15, 0.2) is 6.61 Å². The Morgan fingerprint density at radius 2 is 1.91 bits per heavy atom. The van der Waals surface area contributed by atoms with Crippen LogP contribution >= 0.6 is 11.8 Å². The van der Waals surface area contributed by atoms with Crippen LogP contribution < -0.4 is 5.32 Å². The molecular formula is C15H20N2O4S. The van der Waals surface area contributed by atoms with Crippen LogP contribution in [-0.2, 0) is 14.3 Å². The fourth-order valence-electron chi connectivity index (χ4n) is 1.51. The first-order chi connectivity index (χ1) is 10.5. The Morgan fingerprint density at radius 3 is 2.55 bits per heavy atom. The predicted molar refractivity (Wildman–Crippen MR) is 84.8 cm³/mol. The lowest BCUT2D eigenvalue weighted by atomic mass is 10.2.